The Bertz CT molecular complexity index is 307. The lowest BCUT2D eigenvalue weighted by atomic mass is 9.68. The maximum absolute atomic E-state index is 13.4. The Kier molecular flexibility index (Phi) is 3.64. The molecule has 3 saturated carbocycles. The SMILES string of the molecule is CCCC1CCC(C2CCC3(CC2)CC3(F)F)CC1. The van der Waals surface area contributed by atoms with E-state index in [1.807, 2.05) is 0 Å². The minimum Gasteiger partial charge on any atom is -0.206 e. The molecule has 2 heteroatoms. The van der Waals surface area contributed by atoms with Crippen LogP contribution in [0, 0.1) is 23.2 Å². The molecule has 1 spiro atoms. The average Bonchev–Trinajstić information content (AvgIpc) is 2.93. The van der Waals surface area contributed by atoms with E-state index in [4.69, 9.17) is 0 Å². The van der Waals surface area contributed by atoms with Gasteiger partial charge in [-0.3, -0.25) is 0 Å². The predicted octanol–water partition coefficient (Wildman–Crippen LogP) is 5.81. The Morgan fingerprint density at radius 1 is 0.895 bits per heavy atom. The summed E-state index contributed by atoms with van der Waals surface area (Å²) >= 11 is 0. The molecule has 0 aliphatic heterocycles. The third-order valence-electron chi connectivity index (χ3n) is 6.45. The number of alkyl halides is 2. The quantitative estimate of drug-likeness (QED) is 0.607. The summed E-state index contributed by atoms with van der Waals surface area (Å²) in [5, 5.41) is 0. The number of hydrogen-bond acceptors (Lipinski definition) is 0. The second kappa shape index (κ2) is 5.00. The molecular weight excluding hydrogens is 242 g/mol. The van der Waals surface area contributed by atoms with Gasteiger partial charge >= 0.3 is 0 Å². The van der Waals surface area contributed by atoms with Gasteiger partial charge in [-0.25, -0.2) is 8.78 Å². The van der Waals surface area contributed by atoms with Gasteiger partial charge < -0.3 is 0 Å². The van der Waals surface area contributed by atoms with Gasteiger partial charge in [0.1, 0.15) is 0 Å². The second-order valence-electron chi connectivity index (χ2n) is 7.57. The van der Waals surface area contributed by atoms with Crippen LogP contribution >= 0.6 is 0 Å². The molecule has 0 aromatic heterocycles. The molecular formula is C17H28F2. The summed E-state index contributed by atoms with van der Waals surface area (Å²) < 4.78 is 26.8. The fourth-order valence-electron chi connectivity index (χ4n) is 4.94. The molecule has 0 heterocycles. The lowest BCUT2D eigenvalue weighted by molar-refractivity contribution is 0.0304. The van der Waals surface area contributed by atoms with Crippen molar-refractivity contribution in [1.82, 2.24) is 0 Å². The highest BCUT2D eigenvalue weighted by molar-refractivity contribution is 5.11. The normalized spacial score (nSPS) is 45.3. The van der Waals surface area contributed by atoms with Gasteiger partial charge in [-0.15, -0.1) is 0 Å². The molecule has 110 valence electrons. The van der Waals surface area contributed by atoms with Crippen molar-refractivity contribution in [1.29, 1.82) is 0 Å². The maximum atomic E-state index is 13.4. The van der Waals surface area contributed by atoms with Gasteiger partial charge in [0, 0.05) is 11.8 Å². The van der Waals surface area contributed by atoms with Crippen molar-refractivity contribution in [3.63, 3.8) is 0 Å². The van der Waals surface area contributed by atoms with E-state index in [1.165, 1.54) is 38.5 Å². The summed E-state index contributed by atoms with van der Waals surface area (Å²) in [4.78, 5) is 0. The van der Waals surface area contributed by atoms with Crippen molar-refractivity contribution in [2.24, 2.45) is 23.2 Å². The van der Waals surface area contributed by atoms with Gasteiger partial charge in [-0.05, 0) is 56.3 Å². The molecule has 0 aromatic rings. The van der Waals surface area contributed by atoms with Gasteiger partial charge in [-0.1, -0.05) is 32.6 Å². The largest absolute Gasteiger partial charge is 0.254 e. The standard InChI is InChI=1S/C17H28F2/c1-2-3-13-4-6-14(7-5-13)15-8-10-16(11-9-15)12-17(16,18)19/h13-15H,2-12H2,1H3. The summed E-state index contributed by atoms with van der Waals surface area (Å²) in [6, 6.07) is 0. The minimum absolute atomic E-state index is 0.190. The van der Waals surface area contributed by atoms with Gasteiger partial charge in [0.2, 0.25) is 0 Å². The van der Waals surface area contributed by atoms with Crippen LogP contribution in [0.15, 0.2) is 0 Å². The monoisotopic (exact) mass is 270 g/mol. The van der Waals surface area contributed by atoms with E-state index in [0.717, 1.165) is 43.4 Å². The number of hydrogen-bond donors (Lipinski definition) is 0. The Morgan fingerprint density at radius 3 is 1.89 bits per heavy atom. The molecule has 0 N–H and O–H groups in total. The van der Waals surface area contributed by atoms with E-state index >= 15 is 0 Å². The summed E-state index contributed by atoms with van der Waals surface area (Å²) in [7, 11) is 0. The van der Waals surface area contributed by atoms with E-state index in [-0.39, 0.29) is 6.42 Å². The van der Waals surface area contributed by atoms with Gasteiger partial charge in [0.15, 0.2) is 0 Å². The van der Waals surface area contributed by atoms with Crippen LogP contribution in [0.5, 0.6) is 0 Å². The lowest BCUT2D eigenvalue weighted by Gasteiger charge is -2.38. The van der Waals surface area contributed by atoms with E-state index < -0.39 is 11.3 Å². The summed E-state index contributed by atoms with van der Waals surface area (Å²) in [5.74, 6) is 0.280. The van der Waals surface area contributed by atoms with Crippen LogP contribution < -0.4 is 0 Å². The molecule has 0 aromatic carbocycles. The molecule has 0 atom stereocenters. The van der Waals surface area contributed by atoms with Crippen molar-refractivity contribution < 1.29 is 8.78 Å². The number of halogens is 2. The Morgan fingerprint density at radius 2 is 1.42 bits per heavy atom. The van der Waals surface area contributed by atoms with Crippen molar-refractivity contribution >= 4 is 0 Å². The van der Waals surface area contributed by atoms with Gasteiger partial charge in [0.25, 0.3) is 5.92 Å². The molecule has 19 heavy (non-hydrogen) atoms. The van der Waals surface area contributed by atoms with E-state index in [1.54, 1.807) is 0 Å². The van der Waals surface area contributed by atoms with E-state index in [0.29, 0.717) is 0 Å². The third kappa shape index (κ3) is 2.56. The summed E-state index contributed by atoms with van der Waals surface area (Å²) in [5.41, 5.74) is -0.539. The first kappa shape index (κ1) is 13.8. The summed E-state index contributed by atoms with van der Waals surface area (Å²) in [6.07, 6.45) is 12.2. The maximum Gasteiger partial charge on any atom is 0.254 e. The minimum atomic E-state index is -2.31. The molecule has 0 nitrogen and oxygen atoms in total. The van der Waals surface area contributed by atoms with Gasteiger partial charge in [-0.2, -0.15) is 0 Å². The molecule has 3 aliphatic rings. The topological polar surface area (TPSA) is 0 Å². The number of rotatable bonds is 3. The Balaban J connectivity index is 1.45. The highest BCUT2D eigenvalue weighted by atomic mass is 19.3. The third-order valence-corrected chi connectivity index (χ3v) is 6.45. The zero-order chi connectivity index (χ0) is 13.5. The van der Waals surface area contributed by atoms with Crippen LogP contribution in [0.25, 0.3) is 0 Å². The van der Waals surface area contributed by atoms with Crippen molar-refractivity contribution in [2.45, 2.75) is 83.5 Å². The van der Waals surface area contributed by atoms with Crippen molar-refractivity contribution in [3.05, 3.63) is 0 Å². The Hall–Kier alpha value is -0.140. The Labute approximate surface area is 116 Å². The van der Waals surface area contributed by atoms with Gasteiger partial charge in [0.05, 0.1) is 0 Å². The van der Waals surface area contributed by atoms with E-state index in [2.05, 4.69) is 6.92 Å². The molecule has 0 bridgehead atoms. The van der Waals surface area contributed by atoms with Crippen LogP contribution in [0.2, 0.25) is 0 Å². The predicted molar refractivity (Wildman–Crippen MR) is 74.3 cm³/mol. The van der Waals surface area contributed by atoms with Crippen LogP contribution in [0.4, 0.5) is 8.78 Å². The zero-order valence-electron chi connectivity index (χ0n) is 12.3. The highest BCUT2D eigenvalue weighted by Crippen LogP contribution is 2.68. The van der Waals surface area contributed by atoms with E-state index in [9.17, 15) is 8.78 Å². The average molecular weight is 270 g/mol. The molecule has 3 fully saturated rings. The summed E-state index contributed by atoms with van der Waals surface area (Å²) in [6.45, 7) is 2.28. The van der Waals surface area contributed by atoms with Crippen LogP contribution in [0.3, 0.4) is 0 Å². The lowest BCUT2D eigenvalue weighted by Crippen LogP contribution is -2.28. The highest BCUT2D eigenvalue weighted by Gasteiger charge is 2.70. The fraction of sp³-hybridized carbons (Fsp3) is 1.00. The zero-order valence-corrected chi connectivity index (χ0v) is 12.3. The van der Waals surface area contributed by atoms with Crippen molar-refractivity contribution in [3.8, 4) is 0 Å². The van der Waals surface area contributed by atoms with Crippen LogP contribution in [-0.4, -0.2) is 5.92 Å². The molecule has 3 aliphatic carbocycles. The molecule has 0 amide bonds. The van der Waals surface area contributed by atoms with Crippen LogP contribution in [0.1, 0.15) is 77.6 Å². The molecule has 3 rings (SSSR count). The second-order valence-corrected chi connectivity index (χ2v) is 7.57. The first-order chi connectivity index (χ1) is 9.06. The smallest absolute Gasteiger partial charge is 0.206 e. The molecule has 0 radical (unpaired) electrons. The fourth-order valence-corrected chi connectivity index (χ4v) is 4.94. The first-order valence-electron chi connectivity index (χ1n) is 8.44. The van der Waals surface area contributed by atoms with Crippen LogP contribution in [-0.2, 0) is 0 Å². The molecule has 0 saturated heterocycles. The van der Waals surface area contributed by atoms with Crippen molar-refractivity contribution in [2.75, 3.05) is 0 Å². The first-order valence-corrected chi connectivity index (χ1v) is 8.44. The molecule has 0 unspecified atom stereocenters.